The first-order valence-electron chi connectivity index (χ1n) is 5.33. The minimum Gasteiger partial charge on any atom is -0.465 e. The lowest BCUT2D eigenvalue weighted by Gasteiger charge is -2.16. The highest BCUT2D eigenvalue weighted by molar-refractivity contribution is 5.97. The molecule has 2 N–H and O–H groups in total. The van der Waals surface area contributed by atoms with Crippen molar-refractivity contribution in [1.29, 1.82) is 0 Å². The van der Waals surface area contributed by atoms with E-state index in [0.717, 1.165) is 17.6 Å². The molecule has 0 spiro atoms. The molecule has 1 aromatic rings. The number of nitrogens with two attached hydrogens (primary N) is 1. The van der Waals surface area contributed by atoms with E-state index in [2.05, 4.69) is 9.72 Å². The highest BCUT2D eigenvalue weighted by Gasteiger charge is 2.16. The van der Waals surface area contributed by atoms with Gasteiger partial charge in [-0.05, 0) is 12.0 Å². The van der Waals surface area contributed by atoms with E-state index < -0.39 is 5.97 Å². The molecule has 0 fully saturated rings. The molecule has 1 aromatic heterocycles. The van der Waals surface area contributed by atoms with Crippen molar-refractivity contribution in [1.82, 2.24) is 4.98 Å². The van der Waals surface area contributed by atoms with Crippen LogP contribution < -0.4 is 5.73 Å². The van der Waals surface area contributed by atoms with Crippen LogP contribution in [-0.2, 0) is 9.47 Å². The van der Waals surface area contributed by atoms with Gasteiger partial charge in [0.1, 0.15) is 5.56 Å². The summed E-state index contributed by atoms with van der Waals surface area (Å²) >= 11 is 0. The number of aromatic nitrogens is 1. The van der Waals surface area contributed by atoms with E-state index in [4.69, 9.17) is 10.5 Å². The average molecular weight is 234 g/mol. The Morgan fingerprint density at radius 3 is 3.00 bits per heavy atom. The van der Waals surface area contributed by atoms with Crippen molar-refractivity contribution in [2.45, 2.75) is 6.42 Å². The molecule has 0 radical (unpaired) electrons. The summed E-state index contributed by atoms with van der Waals surface area (Å²) < 4.78 is 9.89. The number of nitrogens with zero attached hydrogens (tertiary/aromatic N) is 1. The molecule has 1 aliphatic rings. The van der Waals surface area contributed by atoms with E-state index in [9.17, 15) is 4.79 Å². The van der Waals surface area contributed by atoms with Crippen LogP contribution in [0.1, 0.15) is 22.3 Å². The summed E-state index contributed by atoms with van der Waals surface area (Å²) in [5.41, 5.74) is 8.54. The summed E-state index contributed by atoms with van der Waals surface area (Å²) in [6.07, 6.45) is 5.82. The molecule has 17 heavy (non-hydrogen) atoms. The fourth-order valence-electron chi connectivity index (χ4n) is 1.77. The molecule has 0 aromatic carbocycles. The number of methoxy groups -OCH3 is 1. The molecule has 0 atom stereocenters. The van der Waals surface area contributed by atoms with Crippen molar-refractivity contribution in [3.05, 3.63) is 29.6 Å². The van der Waals surface area contributed by atoms with Gasteiger partial charge in [0.05, 0.1) is 26.0 Å². The summed E-state index contributed by atoms with van der Waals surface area (Å²) in [7, 11) is 1.32. The standard InChI is InChI=1S/C12H14N2O3/c1-16-12(15)10-7-14-6-9(11(10)13)8-2-4-17-5-3-8/h2,6-7H,3-5H2,1H3,(H2,13,14). The third-order valence-corrected chi connectivity index (χ3v) is 2.70. The number of hydrogen-bond donors (Lipinski definition) is 1. The Morgan fingerprint density at radius 1 is 1.53 bits per heavy atom. The van der Waals surface area contributed by atoms with Gasteiger partial charge in [-0.15, -0.1) is 0 Å². The molecular formula is C12H14N2O3. The topological polar surface area (TPSA) is 74.4 Å². The Morgan fingerprint density at radius 2 is 2.35 bits per heavy atom. The van der Waals surface area contributed by atoms with Gasteiger partial charge in [-0.3, -0.25) is 4.98 Å². The lowest BCUT2D eigenvalue weighted by atomic mass is 10.00. The van der Waals surface area contributed by atoms with Crippen LogP contribution in [0, 0.1) is 0 Å². The number of hydrogen-bond acceptors (Lipinski definition) is 5. The van der Waals surface area contributed by atoms with Crippen LogP contribution in [0.5, 0.6) is 0 Å². The first-order chi connectivity index (χ1) is 8.24. The van der Waals surface area contributed by atoms with Crippen molar-refractivity contribution in [2.75, 3.05) is 26.1 Å². The van der Waals surface area contributed by atoms with E-state index >= 15 is 0 Å². The van der Waals surface area contributed by atoms with E-state index in [0.29, 0.717) is 24.5 Å². The highest BCUT2D eigenvalue weighted by Crippen LogP contribution is 2.28. The number of esters is 1. The summed E-state index contributed by atoms with van der Waals surface area (Å²) in [5, 5.41) is 0. The number of nitrogen functional groups attached to an aromatic ring is 1. The summed E-state index contributed by atoms with van der Waals surface area (Å²) in [6.45, 7) is 1.23. The van der Waals surface area contributed by atoms with Gasteiger partial charge in [0.25, 0.3) is 0 Å². The molecular weight excluding hydrogens is 220 g/mol. The number of pyridine rings is 1. The van der Waals surface area contributed by atoms with Crippen molar-refractivity contribution >= 4 is 17.2 Å². The number of carbonyl (C=O) groups is 1. The molecule has 0 saturated heterocycles. The van der Waals surface area contributed by atoms with Crippen molar-refractivity contribution in [3.63, 3.8) is 0 Å². The van der Waals surface area contributed by atoms with Gasteiger partial charge in [-0.2, -0.15) is 0 Å². The summed E-state index contributed by atoms with van der Waals surface area (Å²) in [6, 6.07) is 0. The van der Waals surface area contributed by atoms with E-state index in [1.165, 1.54) is 13.3 Å². The van der Waals surface area contributed by atoms with Crippen LogP contribution in [0.2, 0.25) is 0 Å². The quantitative estimate of drug-likeness (QED) is 0.779. The Labute approximate surface area is 99.2 Å². The SMILES string of the molecule is COC(=O)c1cncc(C2=CCOCC2)c1N. The van der Waals surface area contributed by atoms with Crippen molar-refractivity contribution < 1.29 is 14.3 Å². The minimum absolute atomic E-state index is 0.303. The highest BCUT2D eigenvalue weighted by atomic mass is 16.5. The van der Waals surface area contributed by atoms with Crippen LogP contribution in [0.3, 0.4) is 0 Å². The lowest BCUT2D eigenvalue weighted by molar-refractivity contribution is 0.0601. The molecule has 5 nitrogen and oxygen atoms in total. The minimum atomic E-state index is -0.468. The maximum Gasteiger partial charge on any atom is 0.341 e. The second-order valence-electron chi connectivity index (χ2n) is 3.69. The van der Waals surface area contributed by atoms with Gasteiger partial charge in [-0.1, -0.05) is 6.08 Å². The Kier molecular flexibility index (Phi) is 3.39. The zero-order valence-corrected chi connectivity index (χ0v) is 9.60. The first-order valence-corrected chi connectivity index (χ1v) is 5.33. The first kappa shape index (κ1) is 11.6. The second kappa shape index (κ2) is 4.97. The molecule has 0 bridgehead atoms. The Balaban J connectivity index is 2.41. The van der Waals surface area contributed by atoms with Gasteiger partial charge in [0, 0.05) is 18.0 Å². The average Bonchev–Trinajstić information content (AvgIpc) is 2.39. The second-order valence-corrected chi connectivity index (χ2v) is 3.69. The molecule has 0 amide bonds. The number of ether oxygens (including phenoxy) is 2. The third kappa shape index (κ3) is 2.29. The molecule has 2 heterocycles. The zero-order valence-electron chi connectivity index (χ0n) is 9.60. The lowest BCUT2D eigenvalue weighted by Crippen LogP contribution is -2.11. The third-order valence-electron chi connectivity index (χ3n) is 2.70. The number of rotatable bonds is 2. The Bertz CT molecular complexity index is 469. The maximum atomic E-state index is 11.5. The van der Waals surface area contributed by atoms with Crippen molar-refractivity contribution in [2.24, 2.45) is 0 Å². The number of anilines is 1. The Hall–Kier alpha value is -1.88. The molecule has 0 aliphatic carbocycles. The van der Waals surface area contributed by atoms with Gasteiger partial charge < -0.3 is 15.2 Å². The monoisotopic (exact) mass is 234 g/mol. The fourth-order valence-corrected chi connectivity index (χ4v) is 1.77. The van der Waals surface area contributed by atoms with E-state index in [1.54, 1.807) is 6.20 Å². The maximum absolute atomic E-state index is 11.5. The zero-order chi connectivity index (χ0) is 12.3. The number of carbonyl (C=O) groups excluding carboxylic acids is 1. The molecule has 0 saturated carbocycles. The van der Waals surface area contributed by atoms with Crippen molar-refractivity contribution in [3.8, 4) is 0 Å². The molecule has 0 unspecified atom stereocenters. The summed E-state index contributed by atoms with van der Waals surface area (Å²) in [5.74, 6) is -0.468. The summed E-state index contributed by atoms with van der Waals surface area (Å²) in [4.78, 5) is 15.5. The largest absolute Gasteiger partial charge is 0.465 e. The predicted molar refractivity (Wildman–Crippen MR) is 63.4 cm³/mol. The van der Waals surface area contributed by atoms with Crippen LogP contribution in [-0.4, -0.2) is 31.3 Å². The van der Waals surface area contributed by atoms with Crippen LogP contribution in [0.25, 0.3) is 5.57 Å². The molecule has 2 rings (SSSR count). The molecule has 5 heteroatoms. The molecule has 90 valence electrons. The van der Waals surface area contributed by atoms with Gasteiger partial charge in [-0.25, -0.2) is 4.79 Å². The fraction of sp³-hybridized carbons (Fsp3) is 0.333. The predicted octanol–water partition coefficient (Wildman–Crippen LogP) is 1.25. The molecule has 1 aliphatic heterocycles. The van der Waals surface area contributed by atoms with Gasteiger partial charge in [0.15, 0.2) is 0 Å². The smallest absolute Gasteiger partial charge is 0.341 e. The normalized spacial score (nSPS) is 15.2. The van der Waals surface area contributed by atoms with Crippen LogP contribution in [0.15, 0.2) is 18.5 Å². The van der Waals surface area contributed by atoms with E-state index in [-0.39, 0.29) is 0 Å². The van der Waals surface area contributed by atoms with Gasteiger partial charge in [0.2, 0.25) is 0 Å². The van der Waals surface area contributed by atoms with Gasteiger partial charge >= 0.3 is 5.97 Å². The van der Waals surface area contributed by atoms with E-state index in [1.807, 2.05) is 6.08 Å². The van der Waals surface area contributed by atoms with Crippen LogP contribution in [0.4, 0.5) is 5.69 Å². The van der Waals surface area contributed by atoms with Crippen LogP contribution >= 0.6 is 0 Å².